The molecule has 48 valence electrons. The van der Waals surface area contributed by atoms with E-state index in [9.17, 15) is 4.79 Å². The summed E-state index contributed by atoms with van der Waals surface area (Å²) < 4.78 is 0. The van der Waals surface area contributed by atoms with Crippen LogP contribution in [0.1, 0.15) is 19.3 Å². The standard InChI is InChI=1S/C5H7N3O/c6-8-7-5(9)4-2-1-3-4/h4H,1-3H2. The van der Waals surface area contributed by atoms with E-state index in [2.05, 4.69) is 10.0 Å². The van der Waals surface area contributed by atoms with Gasteiger partial charge in [-0.1, -0.05) is 6.42 Å². The molecule has 0 aromatic rings. The molecule has 1 aliphatic rings. The maximum absolute atomic E-state index is 10.6. The third-order valence-corrected chi connectivity index (χ3v) is 1.60. The second kappa shape index (κ2) is 2.51. The predicted octanol–water partition coefficient (Wildman–Crippen LogP) is 1.62. The van der Waals surface area contributed by atoms with E-state index >= 15 is 0 Å². The van der Waals surface area contributed by atoms with Crippen molar-refractivity contribution in [3.05, 3.63) is 10.4 Å². The molecule has 0 atom stereocenters. The highest BCUT2D eigenvalue weighted by molar-refractivity contribution is 5.80. The summed E-state index contributed by atoms with van der Waals surface area (Å²) >= 11 is 0. The zero-order valence-electron chi connectivity index (χ0n) is 4.95. The van der Waals surface area contributed by atoms with Crippen molar-refractivity contribution in [3.63, 3.8) is 0 Å². The van der Waals surface area contributed by atoms with Crippen molar-refractivity contribution < 1.29 is 4.79 Å². The number of hydrogen-bond donors (Lipinski definition) is 0. The minimum Gasteiger partial charge on any atom is -0.292 e. The van der Waals surface area contributed by atoms with Gasteiger partial charge in [0.1, 0.15) is 0 Å². The number of carbonyl (C=O) groups excluding carboxylic acids is 1. The predicted molar refractivity (Wildman–Crippen MR) is 31.5 cm³/mol. The fourth-order valence-electron chi connectivity index (χ4n) is 0.781. The molecule has 0 aromatic carbocycles. The Morgan fingerprint density at radius 1 is 1.67 bits per heavy atom. The van der Waals surface area contributed by atoms with E-state index in [0.29, 0.717) is 0 Å². The summed E-state index contributed by atoms with van der Waals surface area (Å²) in [5, 5.41) is 2.99. The summed E-state index contributed by atoms with van der Waals surface area (Å²) in [7, 11) is 0. The van der Waals surface area contributed by atoms with Gasteiger partial charge in [-0.15, -0.1) is 0 Å². The van der Waals surface area contributed by atoms with E-state index in [1.165, 1.54) is 0 Å². The van der Waals surface area contributed by atoms with E-state index in [0.717, 1.165) is 19.3 Å². The van der Waals surface area contributed by atoms with Crippen LogP contribution in [0.5, 0.6) is 0 Å². The first-order valence-electron chi connectivity index (χ1n) is 2.93. The molecular formula is C5H7N3O. The lowest BCUT2D eigenvalue weighted by Gasteiger charge is -2.20. The molecule has 1 saturated carbocycles. The molecule has 4 heteroatoms. The van der Waals surface area contributed by atoms with Crippen molar-refractivity contribution in [2.75, 3.05) is 0 Å². The summed E-state index contributed by atoms with van der Waals surface area (Å²) in [6, 6.07) is 0. The van der Waals surface area contributed by atoms with Crippen molar-refractivity contribution in [2.24, 2.45) is 11.0 Å². The molecule has 1 fully saturated rings. The second-order valence-corrected chi connectivity index (χ2v) is 2.16. The number of carbonyl (C=O) groups is 1. The number of rotatable bonds is 1. The van der Waals surface area contributed by atoms with E-state index in [-0.39, 0.29) is 11.8 Å². The Morgan fingerprint density at radius 2 is 2.33 bits per heavy atom. The van der Waals surface area contributed by atoms with Crippen molar-refractivity contribution in [1.82, 2.24) is 0 Å². The van der Waals surface area contributed by atoms with Gasteiger partial charge in [0.15, 0.2) is 0 Å². The van der Waals surface area contributed by atoms with Crippen LogP contribution in [-0.4, -0.2) is 5.91 Å². The molecule has 1 amide bonds. The quantitative estimate of drug-likeness (QED) is 0.298. The fourth-order valence-corrected chi connectivity index (χ4v) is 0.781. The van der Waals surface area contributed by atoms with Crippen LogP contribution in [0.25, 0.3) is 10.4 Å². The van der Waals surface area contributed by atoms with Gasteiger partial charge in [-0.25, -0.2) is 0 Å². The highest BCUT2D eigenvalue weighted by atomic mass is 16.1. The van der Waals surface area contributed by atoms with Gasteiger partial charge in [0.25, 0.3) is 0 Å². The highest BCUT2D eigenvalue weighted by Gasteiger charge is 2.23. The Balaban J connectivity index is 2.41. The first-order valence-corrected chi connectivity index (χ1v) is 2.93. The van der Waals surface area contributed by atoms with Crippen LogP contribution in [0.2, 0.25) is 0 Å². The lowest BCUT2D eigenvalue weighted by Crippen LogP contribution is -2.19. The van der Waals surface area contributed by atoms with Crippen LogP contribution < -0.4 is 0 Å². The van der Waals surface area contributed by atoms with Crippen LogP contribution in [0, 0.1) is 5.92 Å². The van der Waals surface area contributed by atoms with Crippen LogP contribution in [0.3, 0.4) is 0 Å². The molecular weight excluding hydrogens is 118 g/mol. The summed E-state index contributed by atoms with van der Waals surface area (Å²) in [4.78, 5) is 13.0. The molecule has 9 heavy (non-hydrogen) atoms. The van der Waals surface area contributed by atoms with Gasteiger partial charge in [-0.3, -0.25) is 4.79 Å². The monoisotopic (exact) mass is 125 g/mol. The minimum atomic E-state index is -0.288. The van der Waals surface area contributed by atoms with E-state index in [4.69, 9.17) is 5.53 Å². The Morgan fingerprint density at radius 3 is 2.67 bits per heavy atom. The average Bonchev–Trinajstić information content (AvgIpc) is 1.60. The minimum absolute atomic E-state index is 0.0425. The second-order valence-electron chi connectivity index (χ2n) is 2.16. The normalized spacial score (nSPS) is 17.8. The summed E-state index contributed by atoms with van der Waals surface area (Å²) in [5.74, 6) is -0.246. The summed E-state index contributed by atoms with van der Waals surface area (Å²) in [5.41, 5.74) is 7.84. The number of azide groups is 1. The third kappa shape index (κ3) is 1.21. The molecule has 1 aliphatic carbocycles. The molecule has 0 spiro atoms. The van der Waals surface area contributed by atoms with Crippen LogP contribution >= 0.6 is 0 Å². The zero-order valence-corrected chi connectivity index (χ0v) is 4.95. The number of nitrogens with zero attached hydrogens (tertiary/aromatic N) is 3. The van der Waals surface area contributed by atoms with Crippen molar-refractivity contribution in [2.45, 2.75) is 19.3 Å². The Labute approximate surface area is 52.5 Å². The largest absolute Gasteiger partial charge is 0.292 e. The first-order chi connectivity index (χ1) is 4.34. The van der Waals surface area contributed by atoms with Gasteiger partial charge < -0.3 is 0 Å². The molecule has 4 nitrogen and oxygen atoms in total. The summed E-state index contributed by atoms with van der Waals surface area (Å²) in [6.07, 6.45) is 2.90. The highest BCUT2D eigenvalue weighted by Crippen LogP contribution is 2.27. The molecule has 0 radical (unpaired) electrons. The zero-order chi connectivity index (χ0) is 6.69. The van der Waals surface area contributed by atoms with Gasteiger partial charge in [-0.05, 0) is 23.5 Å². The Bertz CT molecular complexity index is 167. The molecule has 0 bridgehead atoms. The smallest absolute Gasteiger partial charge is 0.222 e. The van der Waals surface area contributed by atoms with Gasteiger partial charge in [0.2, 0.25) is 5.91 Å². The molecule has 0 saturated heterocycles. The molecule has 0 aromatic heterocycles. The van der Waals surface area contributed by atoms with Crippen molar-refractivity contribution in [1.29, 1.82) is 0 Å². The van der Waals surface area contributed by atoms with Gasteiger partial charge in [0.05, 0.1) is 0 Å². The molecule has 0 heterocycles. The first kappa shape index (κ1) is 6.11. The van der Waals surface area contributed by atoms with Crippen LogP contribution in [0.15, 0.2) is 5.11 Å². The summed E-state index contributed by atoms with van der Waals surface area (Å²) in [6.45, 7) is 0. The van der Waals surface area contributed by atoms with Crippen LogP contribution in [-0.2, 0) is 4.79 Å². The average molecular weight is 125 g/mol. The van der Waals surface area contributed by atoms with E-state index in [1.807, 2.05) is 0 Å². The van der Waals surface area contributed by atoms with E-state index < -0.39 is 0 Å². The molecule has 0 unspecified atom stereocenters. The third-order valence-electron chi connectivity index (χ3n) is 1.60. The SMILES string of the molecule is [N-]=[N+]=NC(=O)C1CCC1. The fraction of sp³-hybridized carbons (Fsp3) is 0.800. The lowest BCUT2D eigenvalue weighted by atomic mass is 9.85. The lowest BCUT2D eigenvalue weighted by molar-refractivity contribution is -0.123. The van der Waals surface area contributed by atoms with Gasteiger partial charge in [0, 0.05) is 10.8 Å². The number of hydrogen-bond acceptors (Lipinski definition) is 1. The van der Waals surface area contributed by atoms with Crippen molar-refractivity contribution in [3.8, 4) is 0 Å². The Hall–Kier alpha value is -1.02. The maximum atomic E-state index is 10.6. The molecule has 0 N–H and O–H groups in total. The maximum Gasteiger partial charge on any atom is 0.222 e. The Kier molecular flexibility index (Phi) is 1.70. The van der Waals surface area contributed by atoms with E-state index in [1.54, 1.807) is 0 Å². The molecule has 1 rings (SSSR count). The van der Waals surface area contributed by atoms with Crippen molar-refractivity contribution >= 4 is 5.91 Å². The topological polar surface area (TPSA) is 65.8 Å². The number of amides is 1. The van der Waals surface area contributed by atoms with Gasteiger partial charge in [-0.2, -0.15) is 0 Å². The van der Waals surface area contributed by atoms with Crippen LogP contribution in [0.4, 0.5) is 0 Å². The molecule has 0 aliphatic heterocycles. The van der Waals surface area contributed by atoms with Gasteiger partial charge >= 0.3 is 0 Å².